The van der Waals surface area contributed by atoms with Gasteiger partial charge in [0.2, 0.25) is 0 Å². The molecule has 2 aromatic heterocycles. The van der Waals surface area contributed by atoms with Crippen LogP contribution in [0.1, 0.15) is 0 Å². The molecule has 0 amide bonds. The summed E-state index contributed by atoms with van der Waals surface area (Å²) in [5, 5.41) is 10.2. The normalized spacial score (nSPS) is 11.7. The lowest BCUT2D eigenvalue weighted by Crippen LogP contribution is -2.55. The summed E-state index contributed by atoms with van der Waals surface area (Å²) in [6, 6.07) is 48.2. The van der Waals surface area contributed by atoms with Gasteiger partial charge in [-0.05, 0) is 67.7 Å². The Kier molecular flexibility index (Phi) is 7.64. The summed E-state index contributed by atoms with van der Waals surface area (Å²) in [5.41, 5.74) is 11.8. The number of rotatable bonds is 4. The zero-order valence-corrected chi connectivity index (χ0v) is 31.8. The first kappa shape index (κ1) is 32.7. The Morgan fingerprint density at radius 1 is 0.352 bits per heavy atom. The molecule has 10 rings (SSSR count). The summed E-state index contributed by atoms with van der Waals surface area (Å²) in [7, 11) is 11.0. The van der Waals surface area contributed by atoms with Crippen molar-refractivity contribution >= 4 is 130 Å². The van der Waals surface area contributed by atoms with Crippen LogP contribution in [0.15, 0.2) is 133 Å². The number of nitrogens with zero attached hydrogens (tertiary/aromatic N) is 3. The zero-order chi connectivity index (χ0) is 36.7. The van der Waals surface area contributed by atoms with E-state index in [9.17, 15) is 0 Å². The van der Waals surface area contributed by atoms with Gasteiger partial charge in [0.25, 0.3) is 0 Å². The quantitative estimate of drug-likeness (QED) is 0.208. The smallest absolute Gasteiger partial charge is 0.165 e. The van der Waals surface area contributed by atoms with Gasteiger partial charge < -0.3 is 0 Å². The summed E-state index contributed by atoms with van der Waals surface area (Å²) >= 11 is 1.81. The van der Waals surface area contributed by atoms with Gasteiger partial charge in [0.15, 0.2) is 17.5 Å². The minimum absolute atomic E-state index is 0.683. The van der Waals surface area contributed by atoms with Crippen LogP contribution in [-0.2, 0) is 0 Å². The molecule has 0 saturated heterocycles. The standard InChI is InChI=1S/C45H32B5N3S/c46-37-36(38(47)40(49)41(50)39(37)48)45-52-43(23-9-2-1-3-10-23)51-44(53-45)32-16-8-15-31-34-22-25(18-20-35(34)54-42(31)32)24-17-19-30-28-13-5-4-11-26(28)27-12-6-7-14-29(27)33(30)21-24/h1-22H,46-50H2. The van der Waals surface area contributed by atoms with E-state index in [1.807, 2.05) is 29.5 Å². The molecule has 0 unspecified atom stereocenters. The number of aromatic nitrogens is 3. The van der Waals surface area contributed by atoms with Crippen LogP contribution in [-0.4, -0.2) is 54.2 Å². The lowest BCUT2D eigenvalue weighted by atomic mass is 9.60. The van der Waals surface area contributed by atoms with Crippen LogP contribution in [0.3, 0.4) is 0 Å². The molecule has 54 heavy (non-hydrogen) atoms. The van der Waals surface area contributed by atoms with E-state index in [2.05, 4.69) is 154 Å². The van der Waals surface area contributed by atoms with Crippen molar-refractivity contribution < 1.29 is 0 Å². The SMILES string of the molecule is Bc1c(B)c(B)c(-c2nc(-c3ccccc3)nc(-c3cccc4c3sc3ccc(-c5ccc6c7ccccc7c7ccccc7c6c5)cc34)n2)c(B)c1B. The minimum atomic E-state index is 0.683. The van der Waals surface area contributed by atoms with Gasteiger partial charge in [-0.3, -0.25) is 0 Å². The summed E-state index contributed by atoms with van der Waals surface area (Å²) in [6.45, 7) is 0. The van der Waals surface area contributed by atoms with Gasteiger partial charge in [-0.15, -0.1) is 27.7 Å². The van der Waals surface area contributed by atoms with Crippen molar-refractivity contribution in [2.24, 2.45) is 0 Å². The molecule has 0 radical (unpaired) electrons. The third-order valence-electron chi connectivity index (χ3n) is 11.7. The van der Waals surface area contributed by atoms with E-state index in [0.29, 0.717) is 11.6 Å². The summed E-state index contributed by atoms with van der Waals surface area (Å²) in [5.74, 6) is 2.10. The molecular weight excluding hydrogens is 669 g/mol. The van der Waals surface area contributed by atoms with E-state index in [0.717, 1.165) is 22.5 Å². The zero-order valence-electron chi connectivity index (χ0n) is 31.0. The van der Waals surface area contributed by atoms with Crippen LogP contribution in [0, 0.1) is 0 Å². The third-order valence-corrected chi connectivity index (χ3v) is 12.9. The molecule has 2 heterocycles. The maximum absolute atomic E-state index is 5.28. The van der Waals surface area contributed by atoms with Crippen LogP contribution in [0.25, 0.3) is 97.8 Å². The topological polar surface area (TPSA) is 38.7 Å². The predicted octanol–water partition coefficient (Wildman–Crippen LogP) is 3.66. The third kappa shape index (κ3) is 5.06. The molecular formula is C45H32B5N3S. The van der Waals surface area contributed by atoms with Gasteiger partial charge in [-0.2, -0.15) is 0 Å². The van der Waals surface area contributed by atoms with Crippen molar-refractivity contribution in [3.05, 3.63) is 133 Å². The minimum Gasteiger partial charge on any atom is -0.208 e. The van der Waals surface area contributed by atoms with E-state index in [1.165, 1.54) is 90.9 Å². The lowest BCUT2D eigenvalue weighted by Gasteiger charge is -2.20. The van der Waals surface area contributed by atoms with Crippen LogP contribution >= 0.6 is 11.3 Å². The molecule has 0 spiro atoms. The molecule has 8 aromatic carbocycles. The molecule has 0 saturated carbocycles. The molecule has 0 aliphatic heterocycles. The van der Waals surface area contributed by atoms with Gasteiger partial charge >= 0.3 is 0 Å². The first-order valence-corrected chi connectivity index (χ1v) is 19.4. The monoisotopic (exact) mass is 701 g/mol. The fraction of sp³-hybridized carbons (Fsp3) is 0. The number of hydrogen-bond acceptors (Lipinski definition) is 4. The maximum Gasteiger partial charge on any atom is 0.165 e. The van der Waals surface area contributed by atoms with Crippen molar-refractivity contribution in [2.45, 2.75) is 0 Å². The highest BCUT2D eigenvalue weighted by Crippen LogP contribution is 2.42. The highest BCUT2D eigenvalue weighted by atomic mass is 32.1. The second kappa shape index (κ2) is 12.6. The van der Waals surface area contributed by atoms with E-state index in [-0.39, 0.29) is 0 Å². The molecule has 0 atom stereocenters. The fourth-order valence-corrected chi connectivity index (χ4v) is 9.59. The number of hydrogen-bond donors (Lipinski definition) is 0. The molecule has 0 bridgehead atoms. The second-order valence-electron chi connectivity index (χ2n) is 14.5. The average Bonchev–Trinajstić information content (AvgIpc) is 3.61. The van der Waals surface area contributed by atoms with Crippen LogP contribution in [0.2, 0.25) is 0 Å². The Labute approximate surface area is 322 Å². The summed E-state index contributed by atoms with van der Waals surface area (Å²) < 4.78 is 2.42. The van der Waals surface area contributed by atoms with Crippen LogP contribution in [0.4, 0.5) is 0 Å². The molecule has 0 N–H and O–H groups in total. The first-order valence-electron chi connectivity index (χ1n) is 18.5. The molecule has 0 aliphatic rings. The van der Waals surface area contributed by atoms with E-state index < -0.39 is 0 Å². The van der Waals surface area contributed by atoms with E-state index in [1.54, 1.807) is 0 Å². The van der Waals surface area contributed by atoms with E-state index >= 15 is 0 Å². The van der Waals surface area contributed by atoms with E-state index in [4.69, 9.17) is 15.0 Å². The number of fused-ring (bicyclic) bond motifs is 9. The van der Waals surface area contributed by atoms with Gasteiger partial charge in [-0.25, -0.2) is 15.0 Å². The fourth-order valence-electron chi connectivity index (χ4n) is 8.40. The molecule has 0 fully saturated rings. The molecule has 9 heteroatoms. The van der Waals surface area contributed by atoms with Gasteiger partial charge in [-0.1, -0.05) is 120 Å². The second-order valence-corrected chi connectivity index (χ2v) is 15.6. The number of benzene rings is 8. The van der Waals surface area contributed by atoms with Crippen molar-refractivity contribution in [2.75, 3.05) is 0 Å². The summed E-state index contributed by atoms with van der Waals surface area (Å²) in [4.78, 5) is 15.6. The molecule has 0 aliphatic carbocycles. The molecule has 3 nitrogen and oxygen atoms in total. The van der Waals surface area contributed by atoms with Crippen molar-refractivity contribution in [3.63, 3.8) is 0 Å². The highest BCUT2D eigenvalue weighted by molar-refractivity contribution is 7.26. The van der Waals surface area contributed by atoms with Crippen molar-refractivity contribution in [3.8, 4) is 45.3 Å². The van der Waals surface area contributed by atoms with Gasteiger partial charge in [0.05, 0.1) is 0 Å². The summed E-state index contributed by atoms with van der Waals surface area (Å²) in [6.07, 6.45) is 0. The maximum atomic E-state index is 5.28. The largest absolute Gasteiger partial charge is 0.208 e. The Morgan fingerprint density at radius 3 is 1.52 bits per heavy atom. The first-order chi connectivity index (χ1) is 26.4. The Bertz CT molecular complexity index is 3120. The van der Waals surface area contributed by atoms with Crippen molar-refractivity contribution in [1.29, 1.82) is 0 Å². The molecule has 10 aromatic rings. The Balaban J connectivity index is 1.16. The van der Waals surface area contributed by atoms with Crippen LogP contribution in [0.5, 0.6) is 0 Å². The Hall–Kier alpha value is -5.91. The molecule has 248 valence electrons. The lowest BCUT2D eigenvalue weighted by molar-refractivity contribution is 1.08. The Morgan fingerprint density at radius 2 is 0.852 bits per heavy atom. The van der Waals surface area contributed by atoms with Gasteiger partial charge in [0, 0.05) is 36.9 Å². The van der Waals surface area contributed by atoms with Gasteiger partial charge in [0.1, 0.15) is 39.2 Å². The highest BCUT2D eigenvalue weighted by Gasteiger charge is 2.20. The van der Waals surface area contributed by atoms with Crippen molar-refractivity contribution in [1.82, 2.24) is 15.0 Å². The predicted molar refractivity (Wildman–Crippen MR) is 248 cm³/mol. The number of thiophene rings is 1. The average molecular weight is 701 g/mol. The van der Waals surface area contributed by atoms with Crippen LogP contribution < -0.4 is 27.3 Å².